The molecule has 0 fully saturated rings. The molecule has 0 aliphatic carbocycles. The molecule has 0 aliphatic heterocycles. The van der Waals surface area contributed by atoms with Gasteiger partial charge in [0.05, 0.1) is 0 Å². The van der Waals surface area contributed by atoms with Crippen LogP contribution in [0, 0.1) is 6.92 Å². The molecule has 1 aromatic heterocycles. The molecule has 1 heterocycles. The fraction of sp³-hybridized carbons (Fsp3) is 0.500. The Bertz CT molecular complexity index is 230. The largest absolute Gasteiger partial charge is 0.261 e. The van der Waals surface area contributed by atoms with E-state index >= 15 is 0 Å². The monoisotopic (exact) mass is 149 g/mol. The highest BCUT2D eigenvalue weighted by molar-refractivity contribution is 5.20. The molecule has 1 heteroatoms. The zero-order chi connectivity index (χ0) is 8.27. The van der Waals surface area contributed by atoms with Crippen LogP contribution in [0.25, 0.3) is 0 Å². The van der Waals surface area contributed by atoms with Crippen molar-refractivity contribution in [2.24, 2.45) is 0 Å². The molecule has 0 bridgehead atoms. The van der Waals surface area contributed by atoms with Gasteiger partial charge in [-0.2, -0.15) is 0 Å². The van der Waals surface area contributed by atoms with E-state index in [1.54, 1.807) is 0 Å². The highest BCUT2D eigenvalue weighted by Gasteiger charge is 2.05. The summed E-state index contributed by atoms with van der Waals surface area (Å²) >= 11 is 0. The lowest BCUT2D eigenvalue weighted by Crippen LogP contribution is -1.97. The lowest BCUT2D eigenvalue weighted by Gasteiger charge is -2.09. The van der Waals surface area contributed by atoms with Crippen molar-refractivity contribution >= 4 is 0 Å². The first-order valence-corrected chi connectivity index (χ1v) is 4.17. The molecular formula is C10H15N. The number of nitrogens with zero attached hydrogens (tertiary/aromatic N) is 1. The van der Waals surface area contributed by atoms with Crippen molar-refractivity contribution in [1.82, 2.24) is 4.98 Å². The smallest absolute Gasteiger partial charge is 0.0460 e. The third-order valence-electron chi connectivity index (χ3n) is 2.13. The van der Waals surface area contributed by atoms with Crippen LogP contribution in [0.5, 0.6) is 0 Å². The van der Waals surface area contributed by atoms with Gasteiger partial charge in [0.1, 0.15) is 0 Å². The summed E-state index contributed by atoms with van der Waals surface area (Å²) < 4.78 is 0. The van der Waals surface area contributed by atoms with Crippen LogP contribution in [0.4, 0.5) is 0 Å². The first-order valence-electron chi connectivity index (χ1n) is 4.17. The van der Waals surface area contributed by atoms with Crippen molar-refractivity contribution < 1.29 is 0 Å². The molecule has 0 saturated carbocycles. The van der Waals surface area contributed by atoms with Crippen molar-refractivity contribution in [3.05, 3.63) is 29.6 Å². The van der Waals surface area contributed by atoms with Crippen molar-refractivity contribution in [3.8, 4) is 0 Å². The zero-order valence-electron chi connectivity index (χ0n) is 7.46. The maximum atomic E-state index is 4.35. The topological polar surface area (TPSA) is 12.9 Å². The van der Waals surface area contributed by atoms with E-state index in [1.165, 1.54) is 11.3 Å². The van der Waals surface area contributed by atoms with Gasteiger partial charge in [0.2, 0.25) is 0 Å². The highest BCUT2D eigenvalue weighted by Crippen LogP contribution is 2.18. The van der Waals surface area contributed by atoms with E-state index in [0.717, 1.165) is 6.42 Å². The molecule has 0 N–H and O–H groups in total. The molecule has 0 aromatic carbocycles. The van der Waals surface area contributed by atoms with E-state index in [2.05, 4.69) is 31.8 Å². The Labute approximate surface area is 68.5 Å². The quantitative estimate of drug-likeness (QED) is 0.630. The van der Waals surface area contributed by atoms with Gasteiger partial charge >= 0.3 is 0 Å². The van der Waals surface area contributed by atoms with E-state index in [1.807, 2.05) is 12.3 Å². The average molecular weight is 149 g/mol. The molecule has 0 radical (unpaired) electrons. The number of rotatable bonds is 2. The molecule has 60 valence electrons. The summed E-state index contributed by atoms with van der Waals surface area (Å²) in [7, 11) is 0. The van der Waals surface area contributed by atoms with Crippen LogP contribution in [0.1, 0.15) is 37.4 Å². The normalized spacial score (nSPS) is 13.0. The van der Waals surface area contributed by atoms with Gasteiger partial charge < -0.3 is 0 Å². The second-order valence-corrected chi connectivity index (χ2v) is 3.01. The molecule has 1 unspecified atom stereocenters. The predicted molar refractivity (Wildman–Crippen MR) is 47.7 cm³/mol. The van der Waals surface area contributed by atoms with E-state index in [4.69, 9.17) is 0 Å². The Hall–Kier alpha value is -0.850. The van der Waals surface area contributed by atoms with Gasteiger partial charge in [-0.1, -0.05) is 19.9 Å². The van der Waals surface area contributed by atoms with Gasteiger partial charge in [-0.25, -0.2) is 0 Å². The molecule has 0 saturated heterocycles. The maximum Gasteiger partial charge on any atom is 0.0460 e. The van der Waals surface area contributed by atoms with Crippen LogP contribution in [0.15, 0.2) is 18.3 Å². The Kier molecular flexibility index (Phi) is 2.64. The minimum absolute atomic E-state index is 0.594. The van der Waals surface area contributed by atoms with Crippen molar-refractivity contribution in [2.45, 2.75) is 33.1 Å². The van der Waals surface area contributed by atoms with Gasteiger partial charge in [0, 0.05) is 11.9 Å². The molecule has 11 heavy (non-hydrogen) atoms. The summed E-state index contributed by atoms with van der Waals surface area (Å²) in [4.78, 5) is 4.35. The van der Waals surface area contributed by atoms with E-state index in [9.17, 15) is 0 Å². The molecule has 1 rings (SSSR count). The number of aryl methyl sites for hydroxylation is 1. The maximum absolute atomic E-state index is 4.35. The lowest BCUT2D eigenvalue weighted by atomic mass is 10.0. The standard InChI is InChI=1S/C10H15N/c1-4-8(2)10-9(3)6-5-7-11-10/h5-8H,4H2,1-3H3. The van der Waals surface area contributed by atoms with Crippen LogP contribution in [0.3, 0.4) is 0 Å². The highest BCUT2D eigenvalue weighted by atomic mass is 14.7. The molecule has 1 atom stereocenters. The zero-order valence-corrected chi connectivity index (χ0v) is 7.46. The Morgan fingerprint density at radius 3 is 2.82 bits per heavy atom. The SMILES string of the molecule is CCC(C)c1ncccc1C. The summed E-state index contributed by atoms with van der Waals surface area (Å²) in [5.41, 5.74) is 2.55. The fourth-order valence-electron chi connectivity index (χ4n) is 1.21. The number of hydrogen-bond donors (Lipinski definition) is 0. The minimum Gasteiger partial charge on any atom is -0.261 e. The van der Waals surface area contributed by atoms with E-state index < -0.39 is 0 Å². The molecule has 0 aliphatic rings. The van der Waals surface area contributed by atoms with Crippen LogP contribution >= 0.6 is 0 Å². The van der Waals surface area contributed by atoms with Crippen molar-refractivity contribution in [2.75, 3.05) is 0 Å². The summed E-state index contributed by atoms with van der Waals surface area (Å²) in [6, 6.07) is 4.11. The summed E-state index contributed by atoms with van der Waals surface area (Å²) in [6.07, 6.45) is 3.03. The van der Waals surface area contributed by atoms with Crippen LogP contribution in [-0.4, -0.2) is 4.98 Å². The minimum atomic E-state index is 0.594. The average Bonchev–Trinajstić information content (AvgIpc) is 2.04. The van der Waals surface area contributed by atoms with Gasteiger partial charge in [0.15, 0.2) is 0 Å². The van der Waals surface area contributed by atoms with Crippen molar-refractivity contribution in [1.29, 1.82) is 0 Å². The number of aromatic nitrogens is 1. The van der Waals surface area contributed by atoms with Gasteiger partial charge in [-0.15, -0.1) is 0 Å². The van der Waals surface area contributed by atoms with Gasteiger partial charge in [-0.3, -0.25) is 4.98 Å². The molecule has 1 aromatic rings. The first-order chi connectivity index (χ1) is 5.25. The third-order valence-corrected chi connectivity index (χ3v) is 2.13. The van der Waals surface area contributed by atoms with Crippen molar-refractivity contribution in [3.63, 3.8) is 0 Å². The predicted octanol–water partition coefficient (Wildman–Crippen LogP) is 2.90. The summed E-state index contributed by atoms with van der Waals surface area (Å²) in [5, 5.41) is 0. The summed E-state index contributed by atoms with van der Waals surface area (Å²) in [6.45, 7) is 6.53. The first kappa shape index (κ1) is 8.25. The van der Waals surface area contributed by atoms with Crippen LogP contribution in [-0.2, 0) is 0 Å². The second-order valence-electron chi connectivity index (χ2n) is 3.01. The number of pyridine rings is 1. The number of hydrogen-bond acceptors (Lipinski definition) is 1. The Morgan fingerprint density at radius 1 is 1.55 bits per heavy atom. The fourth-order valence-corrected chi connectivity index (χ4v) is 1.21. The lowest BCUT2D eigenvalue weighted by molar-refractivity contribution is 0.702. The Morgan fingerprint density at radius 2 is 2.27 bits per heavy atom. The Balaban J connectivity index is 2.93. The van der Waals surface area contributed by atoms with Gasteiger partial charge in [0.25, 0.3) is 0 Å². The molecular weight excluding hydrogens is 134 g/mol. The summed E-state index contributed by atoms with van der Waals surface area (Å²) in [5.74, 6) is 0.594. The van der Waals surface area contributed by atoms with Crippen LogP contribution in [0.2, 0.25) is 0 Å². The second kappa shape index (κ2) is 3.51. The van der Waals surface area contributed by atoms with Gasteiger partial charge in [-0.05, 0) is 30.9 Å². The molecule has 0 spiro atoms. The van der Waals surface area contributed by atoms with E-state index in [0.29, 0.717) is 5.92 Å². The molecule has 0 amide bonds. The third kappa shape index (κ3) is 1.79. The van der Waals surface area contributed by atoms with E-state index in [-0.39, 0.29) is 0 Å². The van der Waals surface area contributed by atoms with Crippen LogP contribution < -0.4 is 0 Å². The molecule has 1 nitrogen and oxygen atoms in total.